The van der Waals surface area contributed by atoms with Gasteiger partial charge in [-0.05, 0) is 83.2 Å². The molecule has 1 atom stereocenters. The molecule has 0 bridgehead atoms. The van der Waals surface area contributed by atoms with Crippen LogP contribution in [0.15, 0.2) is 60.9 Å². The van der Waals surface area contributed by atoms with Crippen molar-refractivity contribution >= 4 is 38.7 Å². The Morgan fingerprint density at radius 3 is 2.53 bits per heavy atom. The molecule has 2 aliphatic rings. The van der Waals surface area contributed by atoms with E-state index in [2.05, 4.69) is 20.0 Å². The summed E-state index contributed by atoms with van der Waals surface area (Å²) >= 11 is 0. The Morgan fingerprint density at radius 1 is 0.936 bits per heavy atom. The highest BCUT2D eigenvalue weighted by Gasteiger charge is 2.29. The van der Waals surface area contributed by atoms with Gasteiger partial charge in [0, 0.05) is 55.4 Å². The maximum absolute atomic E-state index is 13.1. The number of fused-ring (bicyclic) bond motifs is 1. The number of anilines is 2. The zero-order valence-electron chi connectivity index (χ0n) is 27.2. The van der Waals surface area contributed by atoms with Crippen molar-refractivity contribution in [3.05, 3.63) is 66.5 Å². The van der Waals surface area contributed by atoms with Gasteiger partial charge in [0.1, 0.15) is 11.4 Å². The van der Waals surface area contributed by atoms with Gasteiger partial charge in [0.05, 0.1) is 16.9 Å². The molecule has 2 fully saturated rings. The number of piperidine rings is 1. The van der Waals surface area contributed by atoms with E-state index < -0.39 is 15.8 Å². The second kappa shape index (κ2) is 13.3. The average Bonchev–Trinajstić information content (AvgIpc) is 3.59. The predicted octanol–water partition coefficient (Wildman–Crippen LogP) is 6.36. The van der Waals surface area contributed by atoms with Gasteiger partial charge in [-0.3, -0.25) is 4.72 Å². The Morgan fingerprint density at radius 2 is 1.74 bits per heavy atom. The van der Waals surface area contributed by atoms with E-state index in [4.69, 9.17) is 14.5 Å². The van der Waals surface area contributed by atoms with Gasteiger partial charge in [0.15, 0.2) is 0 Å². The first-order valence-electron chi connectivity index (χ1n) is 16.0. The molecule has 248 valence electrons. The van der Waals surface area contributed by atoms with Crippen LogP contribution in [0.1, 0.15) is 52.0 Å². The van der Waals surface area contributed by atoms with Crippen molar-refractivity contribution < 1.29 is 22.7 Å². The predicted molar refractivity (Wildman–Crippen MR) is 182 cm³/mol. The summed E-state index contributed by atoms with van der Waals surface area (Å²) in [7, 11) is -3.67. The number of aromatic nitrogens is 3. The van der Waals surface area contributed by atoms with Crippen LogP contribution < -0.4 is 14.8 Å². The third-order valence-corrected chi connectivity index (χ3v) is 9.68. The van der Waals surface area contributed by atoms with Crippen LogP contribution in [0, 0.1) is 6.92 Å². The highest BCUT2D eigenvalue weighted by atomic mass is 32.2. The second-order valence-electron chi connectivity index (χ2n) is 13.0. The molecule has 4 aromatic rings. The third-order valence-electron chi connectivity index (χ3n) is 8.16. The first-order chi connectivity index (χ1) is 22.5. The molecule has 0 radical (unpaired) electrons. The van der Waals surface area contributed by atoms with Crippen LogP contribution >= 0.6 is 0 Å². The lowest BCUT2D eigenvalue weighted by molar-refractivity contribution is 0.0206. The Kier molecular flexibility index (Phi) is 9.20. The van der Waals surface area contributed by atoms with E-state index in [0.29, 0.717) is 60.7 Å². The molecule has 2 aromatic carbocycles. The highest BCUT2D eigenvalue weighted by Crippen LogP contribution is 2.39. The molecule has 2 aromatic heterocycles. The number of pyridine rings is 1. The van der Waals surface area contributed by atoms with Gasteiger partial charge in [0.2, 0.25) is 11.8 Å². The molecule has 1 amide bonds. The molecule has 47 heavy (non-hydrogen) atoms. The summed E-state index contributed by atoms with van der Waals surface area (Å²) in [6, 6.07) is 14.8. The molecule has 0 spiro atoms. The van der Waals surface area contributed by atoms with Gasteiger partial charge in [-0.15, -0.1) is 0 Å². The molecule has 2 saturated heterocycles. The van der Waals surface area contributed by atoms with Crippen molar-refractivity contribution in [2.24, 2.45) is 0 Å². The minimum absolute atomic E-state index is 0.0356. The van der Waals surface area contributed by atoms with Crippen molar-refractivity contribution in [1.82, 2.24) is 24.2 Å². The van der Waals surface area contributed by atoms with Crippen molar-refractivity contribution in [2.75, 3.05) is 36.2 Å². The SMILES string of the molecule is Cc1ccc2c(NS(=O)(=O)N3CCCC3)cccc2c1Oc1ncccc1-c1ccnc(N[C@H]2CCCN(C(=O)OC(C)(C)C)C2)n1. The fraction of sp³-hybridized carbons (Fsp3) is 0.412. The van der Waals surface area contributed by atoms with Crippen LogP contribution in [0.25, 0.3) is 22.0 Å². The van der Waals surface area contributed by atoms with Crippen LogP contribution in [0.4, 0.5) is 16.4 Å². The monoisotopic (exact) mass is 659 g/mol. The van der Waals surface area contributed by atoms with E-state index in [1.54, 1.807) is 29.4 Å². The zero-order chi connectivity index (χ0) is 33.2. The number of ether oxygens (including phenoxy) is 2. The lowest BCUT2D eigenvalue weighted by Gasteiger charge is -2.34. The summed E-state index contributed by atoms with van der Waals surface area (Å²) < 4.78 is 42.5. The third kappa shape index (κ3) is 7.57. The van der Waals surface area contributed by atoms with Crippen LogP contribution in [-0.4, -0.2) is 76.5 Å². The standard InChI is InChI=1S/C34H41N7O5S/c1-23-14-15-25-26(11-7-13-29(25)39-47(43,44)41-20-5-6-21-41)30(23)45-31-27(12-8-17-35-31)28-16-18-36-32(38-28)37-24-10-9-19-40(22-24)33(42)46-34(2,3)4/h7-8,11-18,24,39H,5-6,9-10,19-22H2,1-4H3,(H,36,37,38)/t24-/m0/s1. The van der Waals surface area contributed by atoms with Crippen molar-refractivity contribution in [3.8, 4) is 22.9 Å². The van der Waals surface area contributed by atoms with E-state index in [0.717, 1.165) is 42.0 Å². The number of nitrogens with zero attached hydrogens (tertiary/aromatic N) is 5. The van der Waals surface area contributed by atoms with E-state index in [-0.39, 0.29) is 12.1 Å². The second-order valence-corrected chi connectivity index (χ2v) is 14.6. The summed E-state index contributed by atoms with van der Waals surface area (Å²) in [4.78, 5) is 28.2. The quantitative estimate of drug-likeness (QED) is 0.221. The number of carbonyl (C=O) groups is 1. The molecule has 2 N–H and O–H groups in total. The molecule has 0 aliphatic carbocycles. The van der Waals surface area contributed by atoms with Crippen LogP contribution in [0.3, 0.4) is 0 Å². The normalized spacial score (nSPS) is 17.4. The van der Waals surface area contributed by atoms with Crippen LogP contribution in [0.5, 0.6) is 11.6 Å². The molecule has 4 heterocycles. The van der Waals surface area contributed by atoms with Crippen LogP contribution in [0.2, 0.25) is 0 Å². The molecule has 2 aliphatic heterocycles. The topological polar surface area (TPSA) is 139 Å². The summed E-state index contributed by atoms with van der Waals surface area (Å²) in [5, 5.41) is 4.86. The van der Waals surface area contributed by atoms with E-state index >= 15 is 0 Å². The summed E-state index contributed by atoms with van der Waals surface area (Å²) in [6.07, 6.45) is 6.43. The fourth-order valence-corrected chi connectivity index (χ4v) is 7.23. The number of carbonyl (C=O) groups excluding carboxylic acids is 1. The largest absolute Gasteiger partial charge is 0.444 e. The molecular weight excluding hydrogens is 618 g/mol. The lowest BCUT2D eigenvalue weighted by atomic mass is 10.0. The van der Waals surface area contributed by atoms with Crippen molar-refractivity contribution in [1.29, 1.82) is 0 Å². The van der Waals surface area contributed by atoms with E-state index in [9.17, 15) is 13.2 Å². The Bertz CT molecular complexity index is 1870. The van der Waals surface area contributed by atoms with E-state index in [1.807, 2.05) is 64.1 Å². The molecule has 12 nitrogen and oxygen atoms in total. The number of rotatable bonds is 8. The van der Waals surface area contributed by atoms with Gasteiger partial charge < -0.3 is 19.7 Å². The number of nitrogens with one attached hydrogen (secondary N) is 2. The maximum atomic E-state index is 13.1. The molecule has 0 saturated carbocycles. The molecular formula is C34H41N7O5S. The minimum Gasteiger partial charge on any atom is -0.444 e. The van der Waals surface area contributed by atoms with Crippen molar-refractivity contribution in [3.63, 3.8) is 0 Å². The number of aryl methyl sites for hydroxylation is 1. The average molecular weight is 660 g/mol. The summed E-state index contributed by atoms with van der Waals surface area (Å²) in [6.45, 7) is 9.68. The zero-order valence-corrected chi connectivity index (χ0v) is 28.0. The molecule has 6 rings (SSSR count). The number of benzene rings is 2. The number of amides is 1. The highest BCUT2D eigenvalue weighted by molar-refractivity contribution is 7.90. The minimum atomic E-state index is -3.67. The Hall–Kier alpha value is -4.49. The van der Waals surface area contributed by atoms with Crippen molar-refractivity contribution in [2.45, 2.75) is 65.0 Å². The van der Waals surface area contributed by atoms with Gasteiger partial charge >= 0.3 is 16.3 Å². The van der Waals surface area contributed by atoms with E-state index in [1.165, 1.54) is 4.31 Å². The molecule has 13 heteroatoms. The maximum Gasteiger partial charge on any atom is 0.410 e. The van der Waals surface area contributed by atoms with Crippen LogP contribution in [-0.2, 0) is 14.9 Å². The van der Waals surface area contributed by atoms with Gasteiger partial charge in [-0.1, -0.05) is 24.3 Å². The summed E-state index contributed by atoms with van der Waals surface area (Å²) in [5.74, 6) is 1.36. The van der Waals surface area contributed by atoms with Gasteiger partial charge in [-0.2, -0.15) is 12.7 Å². The Balaban J connectivity index is 1.24. The number of likely N-dealkylation sites (tertiary alicyclic amines) is 1. The molecule has 0 unspecified atom stereocenters. The van der Waals surface area contributed by atoms with Gasteiger partial charge in [0.25, 0.3) is 0 Å². The smallest absolute Gasteiger partial charge is 0.410 e. The lowest BCUT2D eigenvalue weighted by Crippen LogP contribution is -2.47. The fourth-order valence-electron chi connectivity index (χ4n) is 5.91. The first-order valence-corrected chi connectivity index (χ1v) is 17.4. The van der Waals surface area contributed by atoms with Gasteiger partial charge in [-0.25, -0.2) is 19.7 Å². The Labute approximate surface area is 275 Å². The summed E-state index contributed by atoms with van der Waals surface area (Å²) in [5.41, 5.74) is 2.07. The first kappa shape index (κ1) is 32.5. The number of hydrogen-bond acceptors (Lipinski definition) is 9. The number of hydrogen-bond donors (Lipinski definition) is 2.